The Morgan fingerprint density at radius 2 is 2.00 bits per heavy atom. The SMILES string of the molecule is C=C(C/C=C/C)CNS(=O)(=O)c1ccccc1. The molecule has 0 aliphatic carbocycles. The molecule has 17 heavy (non-hydrogen) atoms. The van der Waals surface area contributed by atoms with Crippen LogP contribution in [-0.2, 0) is 10.0 Å². The van der Waals surface area contributed by atoms with Crippen LogP contribution in [0, 0.1) is 0 Å². The Bertz CT molecular complexity index is 489. The van der Waals surface area contributed by atoms with Crippen LogP contribution in [0.3, 0.4) is 0 Å². The van der Waals surface area contributed by atoms with E-state index in [0.29, 0.717) is 6.42 Å². The molecule has 4 heteroatoms. The molecule has 0 spiro atoms. The second-order valence-corrected chi connectivity index (χ2v) is 5.43. The molecule has 0 atom stereocenters. The molecule has 0 saturated carbocycles. The molecular weight excluding hydrogens is 234 g/mol. The molecule has 1 aromatic rings. The van der Waals surface area contributed by atoms with Gasteiger partial charge in [0.25, 0.3) is 0 Å². The van der Waals surface area contributed by atoms with Gasteiger partial charge in [0.2, 0.25) is 10.0 Å². The van der Waals surface area contributed by atoms with Gasteiger partial charge in [-0.1, -0.05) is 42.5 Å². The number of hydrogen-bond acceptors (Lipinski definition) is 2. The van der Waals surface area contributed by atoms with Crippen molar-refractivity contribution >= 4 is 10.0 Å². The topological polar surface area (TPSA) is 46.2 Å². The van der Waals surface area contributed by atoms with Gasteiger partial charge in [-0.15, -0.1) is 0 Å². The molecule has 3 nitrogen and oxygen atoms in total. The molecule has 0 radical (unpaired) electrons. The van der Waals surface area contributed by atoms with Crippen LogP contribution in [0.1, 0.15) is 13.3 Å². The van der Waals surface area contributed by atoms with Gasteiger partial charge in [-0.05, 0) is 25.5 Å². The largest absolute Gasteiger partial charge is 0.240 e. The zero-order chi connectivity index (χ0) is 12.7. The van der Waals surface area contributed by atoms with Gasteiger partial charge < -0.3 is 0 Å². The number of allylic oxidation sites excluding steroid dienone is 2. The lowest BCUT2D eigenvalue weighted by Gasteiger charge is -2.07. The van der Waals surface area contributed by atoms with E-state index in [1.807, 2.05) is 19.1 Å². The lowest BCUT2D eigenvalue weighted by Crippen LogP contribution is -2.25. The summed E-state index contributed by atoms with van der Waals surface area (Å²) in [6.07, 6.45) is 4.55. The third-order valence-corrected chi connectivity index (χ3v) is 3.63. The molecule has 0 amide bonds. The third kappa shape index (κ3) is 4.54. The fourth-order valence-electron chi connectivity index (χ4n) is 1.24. The Labute approximate surface area is 103 Å². The van der Waals surface area contributed by atoms with Crippen LogP contribution in [0.4, 0.5) is 0 Å². The van der Waals surface area contributed by atoms with Crippen molar-refractivity contribution < 1.29 is 8.42 Å². The maximum atomic E-state index is 11.8. The van der Waals surface area contributed by atoms with Crippen LogP contribution in [0.15, 0.2) is 59.5 Å². The quantitative estimate of drug-likeness (QED) is 0.790. The van der Waals surface area contributed by atoms with Crippen molar-refractivity contribution in [1.29, 1.82) is 0 Å². The number of rotatable bonds is 6. The summed E-state index contributed by atoms with van der Waals surface area (Å²) in [5.41, 5.74) is 0.836. The Kier molecular flexibility index (Phi) is 5.12. The van der Waals surface area contributed by atoms with Crippen molar-refractivity contribution in [2.24, 2.45) is 0 Å². The van der Waals surface area contributed by atoms with Crippen LogP contribution < -0.4 is 4.72 Å². The Morgan fingerprint density at radius 1 is 1.35 bits per heavy atom. The molecule has 0 unspecified atom stereocenters. The summed E-state index contributed by atoms with van der Waals surface area (Å²) in [5, 5.41) is 0. The monoisotopic (exact) mass is 251 g/mol. The number of hydrogen-bond donors (Lipinski definition) is 1. The first kappa shape index (κ1) is 13.7. The summed E-state index contributed by atoms with van der Waals surface area (Å²) in [7, 11) is -3.42. The molecule has 0 bridgehead atoms. The molecular formula is C13H17NO2S. The number of nitrogens with one attached hydrogen (secondary N) is 1. The predicted molar refractivity (Wildman–Crippen MR) is 70.2 cm³/mol. The molecule has 0 aromatic heterocycles. The highest BCUT2D eigenvalue weighted by atomic mass is 32.2. The van der Waals surface area contributed by atoms with Gasteiger partial charge in [0, 0.05) is 6.54 Å². The highest BCUT2D eigenvalue weighted by Crippen LogP contribution is 2.08. The van der Waals surface area contributed by atoms with E-state index in [2.05, 4.69) is 11.3 Å². The summed E-state index contributed by atoms with van der Waals surface area (Å²) in [6.45, 7) is 5.99. The number of benzene rings is 1. The van der Waals surface area contributed by atoms with E-state index in [9.17, 15) is 8.42 Å². The van der Waals surface area contributed by atoms with Crippen molar-refractivity contribution in [3.05, 3.63) is 54.6 Å². The van der Waals surface area contributed by atoms with Gasteiger partial charge in [0.1, 0.15) is 0 Å². The molecule has 1 rings (SSSR count). The summed E-state index contributed by atoms with van der Waals surface area (Å²) in [5.74, 6) is 0. The maximum absolute atomic E-state index is 11.8. The first-order valence-corrected chi connectivity index (χ1v) is 6.87. The van der Waals surface area contributed by atoms with Crippen molar-refractivity contribution in [3.8, 4) is 0 Å². The van der Waals surface area contributed by atoms with E-state index < -0.39 is 10.0 Å². The first-order valence-electron chi connectivity index (χ1n) is 5.39. The van der Waals surface area contributed by atoms with E-state index in [-0.39, 0.29) is 11.4 Å². The minimum Gasteiger partial charge on any atom is -0.207 e. The van der Waals surface area contributed by atoms with Gasteiger partial charge in [0.15, 0.2) is 0 Å². The summed E-state index contributed by atoms with van der Waals surface area (Å²) >= 11 is 0. The fraction of sp³-hybridized carbons (Fsp3) is 0.231. The predicted octanol–water partition coefficient (Wildman–Crippen LogP) is 2.49. The Balaban J connectivity index is 2.60. The van der Waals surface area contributed by atoms with Gasteiger partial charge >= 0.3 is 0 Å². The highest BCUT2D eigenvalue weighted by Gasteiger charge is 2.12. The smallest absolute Gasteiger partial charge is 0.207 e. The average molecular weight is 251 g/mol. The lowest BCUT2D eigenvalue weighted by molar-refractivity contribution is 0.584. The summed E-state index contributed by atoms with van der Waals surface area (Å²) in [4.78, 5) is 0.277. The van der Waals surface area contributed by atoms with Crippen LogP contribution in [0.2, 0.25) is 0 Å². The summed E-state index contributed by atoms with van der Waals surface area (Å²) < 4.78 is 26.2. The molecule has 0 saturated heterocycles. The normalized spacial score (nSPS) is 11.8. The number of sulfonamides is 1. The Hall–Kier alpha value is -1.39. The van der Waals surface area contributed by atoms with Crippen molar-refractivity contribution in [2.75, 3.05) is 6.54 Å². The van der Waals surface area contributed by atoms with Crippen LogP contribution in [-0.4, -0.2) is 15.0 Å². The fourth-order valence-corrected chi connectivity index (χ4v) is 2.31. The van der Waals surface area contributed by atoms with Gasteiger partial charge in [-0.25, -0.2) is 13.1 Å². The molecule has 1 N–H and O–H groups in total. The molecule has 0 heterocycles. The maximum Gasteiger partial charge on any atom is 0.240 e. The lowest BCUT2D eigenvalue weighted by atomic mass is 10.2. The first-order chi connectivity index (χ1) is 8.06. The standard InChI is InChI=1S/C13H17NO2S/c1-3-4-8-12(2)11-14-17(15,16)13-9-6-5-7-10-13/h3-7,9-10,14H,2,8,11H2,1H3/b4-3+. The van der Waals surface area contributed by atoms with Gasteiger partial charge in [0.05, 0.1) is 4.90 Å². The minimum atomic E-state index is -3.42. The van der Waals surface area contributed by atoms with E-state index in [1.165, 1.54) is 0 Å². The molecule has 0 fully saturated rings. The van der Waals surface area contributed by atoms with Crippen molar-refractivity contribution in [3.63, 3.8) is 0 Å². The second-order valence-electron chi connectivity index (χ2n) is 3.66. The molecule has 0 aliphatic heterocycles. The summed E-state index contributed by atoms with van der Waals surface area (Å²) in [6, 6.07) is 8.31. The molecule has 1 aromatic carbocycles. The second kappa shape index (κ2) is 6.37. The van der Waals surface area contributed by atoms with Crippen molar-refractivity contribution in [1.82, 2.24) is 4.72 Å². The van der Waals surface area contributed by atoms with E-state index >= 15 is 0 Å². The van der Waals surface area contributed by atoms with Crippen LogP contribution >= 0.6 is 0 Å². The van der Waals surface area contributed by atoms with Crippen molar-refractivity contribution in [2.45, 2.75) is 18.2 Å². The van der Waals surface area contributed by atoms with Crippen LogP contribution in [0.25, 0.3) is 0 Å². The minimum absolute atomic E-state index is 0.265. The average Bonchev–Trinajstić information content (AvgIpc) is 2.35. The third-order valence-electron chi connectivity index (χ3n) is 2.21. The molecule has 0 aliphatic rings. The van der Waals surface area contributed by atoms with Crippen LogP contribution in [0.5, 0.6) is 0 Å². The van der Waals surface area contributed by atoms with E-state index in [0.717, 1.165) is 5.57 Å². The Morgan fingerprint density at radius 3 is 2.59 bits per heavy atom. The highest BCUT2D eigenvalue weighted by molar-refractivity contribution is 7.89. The van der Waals surface area contributed by atoms with E-state index in [1.54, 1.807) is 30.3 Å². The van der Waals surface area contributed by atoms with Gasteiger partial charge in [-0.2, -0.15) is 0 Å². The zero-order valence-corrected chi connectivity index (χ0v) is 10.7. The molecule has 92 valence electrons. The van der Waals surface area contributed by atoms with E-state index in [4.69, 9.17) is 0 Å². The van der Waals surface area contributed by atoms with Gasteiger partial charge in [-0.3, -0.25) is 0 Å². The zero-order valence-electron chi connectivity index (χ0n) is 9.89.